The van der Waals surface area contributed by atoms with Gasteiger partial charge in [-0.05, 0) is 32.1 Å². The summed E-state index contributed by atoms with van der Waals surface area (Å²) in [5.41, 5.74) is 0. The van der Waals surface area contributed by atoms with Crippen LogP contribution in [-0.2, 0) is 14.9 Å². The van der Waals surface area contributed by atoms with Crippen molar-refractivity contribution in [2.75, 3.05) is 6.61 Å². The number of hydrogen-bond donors (Lipinski definition) is 1. The normalized spacial score (nSPS) is 17.2. The standard InChI is InChI=1S/C13H23F2NO5S/c14-13(15,22(18,19)20)9-5-2-6-10-21-12(17)16-11-7-3-1-4-8-11/h11H,1-10H2,(H,16,17)(H,18,19,20)/p-1. The Morgan fingerprint density at radius 2 is 1.82 bits per heavy atom. The average Bonchev–Trinajstić information content (AvgIpc) is 2.42. The Kier molecular flexibility index (Phi) is 7.47. The van der Waals surface area contributed by atoms with Gasteiger partial charge < -0.3 is 14.6 Å². The maximum absolute atomic E-state index is 12.8. The van der Waals surface area contributed by atoms with Crippen molar-refractivity contribution in [1.82, 2.24) is 5.32 Å². The Bertz CT molecular complexity index is 449. The first-order valence-corrected chi connectivity index (χ1v) is 8.90. The lowest BCUT2D eigenvalue weighted by molar-refractivity contribution is 0.0663. The largest absolute Gasteiger partial charge is 0.743 e. The van der Waals surface area contributed by atoms with Crippen molar-refractivity contribution in [3.05, 3.63) is 0 Å². The molecule has 0 aromatic carbocycles. The van der Waals surface area contributed by atoms with Crippen LogP contribution in [0.25, 0.3) is 0 Å². The summed E-state index contributed by atoms with van der Waals surface area (Å²) < 4.78 is 61.4. The number of carbonyl (C=O) groups is 1. The Labute approximate surface area is 129 Å². The zero-order valence-corrected chi connectivity index (χ0v) is 13.2. The fourth-order valence-corrected chi connectivity index (χ4v) is 2.75. The molecule has 130 valence electrons. The first kappa shape index (κ1) is 19.1. The van der Waals surface area contributed by atoms with E-state index in [4.69, 9.17) is 4.74 Å². The number of alkyl carbamates (subject to hydrolysis) is 1. The molecule has 1 rings (SSSR count). The average molecular weight is 342 g/mol. The molecule has 0 aromatic rings. The lowest BCUT2D eigenvalue weighted by atomic mass is 9.96. The van der Waals surface area contributed by atoms with E-state index in [1.165, 1.54) is 6.42 Å². The van der Waals surface area contributed by atoms with Gasteiger partial charge in [-0.3, -0.25) is 0 Å². The summed E-state index contributed by atoms with van der Waals surface area (Å²) in [6.45, 7) is 0.0776. The SMILES string of the molecule is O=C(NC1CCCCC1)OCCCCCC(F)(F)S(=O)(=O)[O-]. The Balaban J connectivity index is 2.06. The number of ether oxygens (including phenoxy) is 1. The van der Waals surface area contributed by atoms with Crippen LogP contribution >= 0.6 is 0 Å². The number of carbonyl (C=O) groups excluding carboxylic acids is 1. The number of rotatable bonds is 8. The van der Waals surface area contributed by atoms with E-state index >= 15 is 0 Å². The zero-order chi connectivity index (χ0) is 16.6. The van der Waals surface area contributed by atoms with E-state index in [1.807, 2.05) is 0 Å². The molecule has 1 amide bonds. The van der Waals surface area contributed by atoms with E-state index in [0.29, 0.717) is 6.42 Å². The van der Waals surface area contributed by atoms with Gasteiger partial charge in [0, 0.05) is 12.5 Å². The van der Waals surface area contributed by atoms with Crippen LogP contribution in [0.2, 0.25) is 0 Å². The van der Waals surface area contributed by atoms with Gasteiger partial charge in [-0.1, -0.05) is 19.3 Å². The summed E-state index contributed by atoms with van der Waals surface area (Å²) in [6, 6.07) is 0.141. The summed E-state index contributed by atoms with van der Waals surface area (Å²) in [5, 5.41) is -1.48. The molecule has 1 saturated carbocycles. The zero-order valence-electron chi connectivity index (χ0n) is 12.4. The summed E-state index contributed by atoms with van der Waals surface area (Å²) >= 11 is 0. The van der Waals surface area contributed by atoms with Gasteiger partial charge in [0.1, 0.15) is 0 Å². The monoisotopic (exact) mass is 342 g/mol. The Morgan fingerprint density at radius 3 is 2.41 bits per heavy atom. The van der Waals surface area contributed by atoms with Gasteiger partial charge in [0.2, 0.25) is 0 Å². The first-order chi connectivity index (χ1) is 10.2. The quantitative estimate of drug-likeness (QED) is 0.540. The van der Waals surface area contributed by atoms with Crippen molar-refractivity contribution in [1.29, 1.82) is 0 Å². The number of amides is 1. The number of nitrogens with one attached hydrogen (secondary N) is 1. The van der Waals surface area contributed by atoms with Gasteiger partial charge in [0.25, 0.3) is 0 Å². The van der Waals surface area contributed by atoms with E-state index in [1.54, 1.807) is 0 Å². The molecule has 0 unspecified atom stereocenters. The number of hydrogen-bond acceptors (Lipinski definition) is 5. The molecule has 0 aliphatic heterocycles. The number of unbranched alkanes of at least 4 members (excludes halogenated alkanes) is 2. The van der Waals surface area contributed by atoms with E-state index in [2.05, 4.69) is 5.32 Å². The van der Waals surface area contributed by atoms with Crippen molar-refractivity contribution in [2.45, 2.75) is 69.1 Å². The predicted molar refractivity (Wildman–Crippen MR) is 74.5 cm³/mol. The molecule has 22 heavy (non-hydrogen) atoms. The second-order valence-corrected chi connectivity index (χ2v) is 7.02. The Morgan fingerprint density at radius 1 is 1.18 bits per heavy atom. The second-order valence-electron chi connectivity index (χ2n) is 5.52. The molecule has 1 aliphatic carbocycles. The van der Waals surface area contributed by atoms with Gasteiger partial charge in [-0.25, -0.2) is 13.2 Å². The molecule has 6 nitrogen and oxygen atoms in total. The van der Waals surface area contributed by atoms with Crippen molar-refractivity contribution < 1.29 is 31.3 Å². The van der Waals surface area contributed by atoms with Crippen LogP contribution in [-0.4, -0.2) is 37.0 Å². The molecule has 0 saturated heterocycles. The van der Waals surface area contributed by atoms with Gasteiger partial charge in [-0.15, -0.1) is 0 Å². The third-order valence-corrected chi connectivity index (χ3v) is 4.57. The van der Waals surface area contributed by atoms with Crippen LogP contribution in [0.15, 0.2) is 0 Å². The van der Waals surface area contributed by atoms with Crippen LogP contribution < -0.4 is 5.32 Å². The topological polar surface area (TPSA) is 95.5 Å². The summed E-state index contributed by atoms with van der Waals surface area (Å²) in [6.07, 6.45) is 4.17. The van der Waals surface area contributed by atoms with E-state index in [0.717, 1.165) is 25.7 Å². The first-order valence-electron chi connectivity index (χ1n) is 7.49. The molecule has 0 heterocycles. The maximum atomic E-state index is 12.8. The van der Waals surface area contributed by atoms with E-state index in [-0.39, 0.29) is 25.5 Å². The lowest BCUT2D eigenvalue weighted by Crippen LogP contribution is -2.36. The maximum Gasteiger partial charge on any atom is 0.407 e. The Hall–Kier alpha value is -0.960. The molecule has 1 N–H and O–H groups in total. The number of halogens is 2. The second kappa shape index (κ2) is 8.61. The number of alkyl halides is 2. The molecular formula is C13H22F2NO5S-. The molecule has 0 spiro atoms. The summed E-state index contributed by atoms with van der Waals surface area (Å²) in [5.74, 6) is 0. The predicted octanol–water partition coefficient (Wildman–Crippen LogP) is 2.74. The molecular weight excluding hydrogens is 320 g/mol. The van der Waals surface area contributed by atoms with Crippen LogP contribution in [0.1, 0.15) is 57.8 Å². The lowest BCUT2D eigenvalue weighted by Gasteiger charge is -2.22. The van der Waals surface area contributed by atoms with Crippen LogP contribution in [0.3, 0.4) is 0 Å². The third-order valence-electron chi connectivity index (χ3n) is 3.64. The molecule has 9 heteroatoms. The highest BCUT2D eigenvalue weighted by Gasteiger charge is 2.36. The fraction of sp³-hybridized carbons (Fsp3) is 0.923. The van der Waals surface area contributed by atoms with Crippen molar-refractivity contribution in [2.24, 2.45) is 0 Å². The van der Waals surface area contributed by atoms with Gasteiger partial charge in [-0.2, -0.15) is 8.78 Å². The third kappa shape index (κ3) is 6.87. The minimum atomic E-state index is -5.60. The van der Waals surface area contributed by atoms with E-state index in [9.17, 15) is 26.5 Å². The van der Waals surface area contributed by atoms with Crippen molar-refractivity contribution in [3.8, 4) is 0 Å². The molecule has 0 bridgehead atoms. The van der Waals surface area contributed by atoms with Crippen molar-refractivity contribution in [3.63, 3.8) is 0 Å². The van der Waals surface area contributed by atoms with Gasteiger partial charge in [0.15, 0.2) is 10.1 Å². The van der Waals surface area contributed by atoms with Crippen LogP contribution in [0.4, 0.5) is 13.6 Å². The molecule has 1 aliphatic rings. The molecule has 0 aromatic heterocycles. The highest BCUT2D eigenvalue weighted by molar-refractivity contribution is 7.86. The smallest absolute Gasteiger partial charge is 0.407 e. The van der Waals surface area contributed by atoms with Crippen molar-refractivity contribution >= 4 is 16.2 Å². The fourth-order valence-electron chi connectivity index (χ4n) is 2.35. The van der Waals surface area contributed by atoms with Gasteiger partial charge in [0.05, 0.1) is 6.61 Å². The van der Waals surface area contributed by atoms with Crippen LogP contribution in [0.5, 0.6) is 0 Å². The minimum absolute atomic E-state index is 0.0776. The minimum Gasteiger partial charge on any atom is -0.743 e. The van der Waals surface area contributed by atoms with E-state index < -0.39 is 27.9 Å². The highest BCUT2D eigenvalue weighted by atomic mass is 32.2. The van der Waals surface area contributed by atoms with Gasteiger partial charge >= 0.3 is 11.3 Å². The van der Waals surface area contributed by atoms with Crippen LogP contribution in [0, 0.1) is 0 Å². The summed E-state index contributed by atoms with van der Waals surface area (Å²) in [4.78, 5) is 11.5. The molecule has 0 radical (unpaired) electrons. The molecule has 0 atom stereocenters. The summed E-state index contributed by atoms with van der Waals surface area (Å²) in [7, 11) is -5.60. The highest BCUT2D eigenvalue weighted by Crippen LogP contribution is 2.27. The molecule has 1 fully saturated rings.